The fourth-order valence-electron chi connectivity index (χ4n) is 6.33. The van der Waals surface area contributed by atoms with Crippen LogP contribution in [0.25, 0.3) is 38.6 Å². The predicted molar refractivity (Wildman–Crippen MR) is 165 cm³/mol. The number of fused-ring (bicyclic) bond motifs is 5. The minimum Gasteiger partial charge on any atom is -0.496 e. The van der Waals surface area contributed by atoms with Crippen LogP contribution in [-0.4, -0.2) is 96.1 Å². The number of aliphatic hydroxyl groups excluding tert-OH is 3. The summed E-state index contributed by atoms with van der Waals surface area (Å²) in [6.07, 6.45) is -4.57. The Bertz CT molecular complexity index is 1740. The maximum Gasteiger partial charge on any atom is 0.344 e. The van der Waals surface area contributed by atoms with E-state index in [9.17, 15) is 20.1 Å². The molecule has 1 unspecified atom stereocenters. The molecule has 4 aromatic rings. The Morgan fingerprint density at radius 1 is 0.977 bits per heavy atom. The Morgan fingerprint density at radius 3 is 2.42 bits per heavy atom. The molecule has 2 fully saturated rings. The standard InChI is InChI=1S/C33H38N2O8/c1-6-19-14-23-27(25(15-19)40-5)21-16-22(32-30(38)29(37)28(36)17(2)41-32)26-20(31(21)43-33(23)39)8-7-9-24(26)42-18(3)35-12-10-34(4)11-13-35/h6-9,14-18,28-30,32,36-38H,1,10-13H2,2-5H3/t17-,18?,28-,29+,30+,32-/m0/s1. The van der Waals surface area contributed by atoms with Crippen LogP contribution < -0.4 is 15.1 Å². The van der Waals surface area contributed by atoms with Crippen molar-refractivity contribution < 1.29 is 33.9 Å². The monoisotopic (exact) mass is 590 g/mol. The van der Waals surface area contributed by atoms with E-state index in [1.54, 1.807) is 31.2 Å². The highest BCUT2D eigenvalue weighted by molar-refractivity contribution is 6.18. The van der Waals surface area contributed by atoms with E-state index in [0.717, 1.165) is 26.2 Å². The van der Waals surface area contributed by atoms with Crippen LogP contribution in [0.3, 0.4) is 0 Å². The number of aliphatic hydroxyl groups is 3. The lowest BCUT2D eigenvalue weighted by Crippen LogP contribution is -2.53. The molecule has 1 aromatic heterocycles. The van der Waals surface area contributed by atoms with Crippen molar-refractivity contribution in [1.29, 1.82) is 0 Å². The van der Waals surface area contributed by atoms with Crippen LogP contribution in [0.5, 0.6) is 11.5 Å². The number of benzene rings is 3. The molecule has 3 heterocycles. The summed E-state index contributed by atoms with van der Waals surface area (Å²) in [5, 5.41) is 35.1. The number of hydrogen-bond donors (Lipinski definition) is 3. The summed E-state index contributed by atoms with van der Waals surface area (Å²) in [5.74, 6) is 0.974. The van der Waals surface area contributed by atoms with Gasteiger partial charge in [-0.05, 0) is 56.3 Å². The Balaban J connectivity index is 1.63. The van der Waals surface area contributed by atoms with Crippen molar-refractivity contribution in [2.24, 2.45) is 0 Å². The highest BCUT2D eigenvalue weighted by Gasteiger charge is 2.43. The number of methoxy groups -OCH3 is 1. The molecular weight excluding hydrogens is 552 g/mol. The molecule has 228 valence electrons. The smallest absolute Gasteiger partial charge is 0.344 e. The van der Waals surface area contributed by atoms with Gasteiger partial charge in [0.05, 0.1) is 18.6 Å². The first-order chi connectivity index (χ1) is 20.6. The van der Waals surface area contributed by atoms with Gasteiger partial charge in [-0.15, -0.1) is 0 Å². The molecule has 6 atom stereocenters. The van der Waals surface area contributed by atoms with Gasteiger partial charge in [-0.25, -0.2) is 4.79 Å². The summed E-state index contributed by atoms with van der Waals surface area (Å²) >= 11 is 0. The first-order valence-corrected chi connectivity index (χ1v) is 14.6. The van der Waals surface area contributed by atoms with E-state index < -0.39 is 36.1 Å². The van der Waals surface area contributed by atoms with Gasteiger partial charge in [0.25, 0.3) is 0 Å². The summed E-state index contributed by atoms with van der Waals surface area (Å²) in [6.45, 7) is 11.0. The second-order valence-corrected chi connectivity index (χ2v) is 11.6. The molecular formula is C33H38N2O8. The van der Waals surface area contributed by atoms with E-state index in [1.807, 2.05) is 25.1 Å². The van der Waals surface area contributed by atoms with Crippen molar-refractivity contribution in [1.82, 2.24) is 9.80 Å². The molecule has 0 amide bonds. The van der Waals surface area contributed by atoms with Crippen molar-refractivity contribution in [3.63, 3.8) is 0 Å². The van der Waals surface area contributed by atoms with Crippen LogP contribution in [0.4, 0.5) is 0 Å². The Labute approximate surface area is 249 Å². The van der Waals surface area contributed by atoms with Crippen molar-refractivity contribution in [3.05, 3.63) is 64.5 Å². The van der Waals surface area contributed by atoms with Crippen LogP contribution >= 0.6 is 0 Å². The Hall–Kier alpha value is -3.51. The van der Waals surface area contributed by atoms with Crippen LogP contribution in [0.1, 0.15) is 31.1 Å². The predicted octanol–water partition coefficient (Wildman–Crippen LogP) is 3.27. The molecule has 0 saturated carbocycles. The topological polar surface area (TPSA) is 125 Å². The Kier molecular flexibility index (Phi) is 7.93. The third kappa shape index (κ3) is 5.08. The van der Waals surface area contributed by atoms with Gasteiger partial charge in [-0.3, -0.25) is 4.90 Å². The van der Waals surface area contributed by atoms with Crippen molar-refractivity contribution in [2.45, 2.75) is 50.6 Å². The van der Waals surface area contributed by atoms with E-state index in [0.29, 0.717) is 55.1 Å². The van der Waals surface area contributed by atoms with E-state index in [4.69, 9.17) is 18.6 Å². The maximum atomic E-state index is 13.4. The quantitative estimate of drug-likeness (QED) is 0.228. The first-order valence-electron chi connectivity index (χ1n) is 14.6. The third-order valence-electron chi connectivity index (χ3n) is 8.88. The van der Waals surface area contributed by atoms with Gasteiger partial charge in [0.1, 0.15) is 47.7 Å². The van der Waals surface area contributed by atoms with E-state index in [-0.39, 0.29) is 6.23 Å². The number of piperazine rings is 1. The van der Waals surface area contributed by atoms with Gasteiger partial charge in [-0.1, -0.05) is 24.8 Å². The zero-order valence-corrected chi connectivity index (χ0v) is 24.8. The number of hydrogen-bond acceptors (Lipinski definition) is 10. The molecule has 10 heteroatoms. The third-order valence-corrected chi connectivity index (χ3v) is 8.88. The Morgan fingerprint density at radius 2 is 1.72 bits per heavy atom. The summed E-state index contributed by atoms with van der Waals surface area (Å²) < 4.78 is 24.5. The van der Waals surface area contributed by atoms with Gasteiger partial charge < -0.3 is 38.8 Å². The van der Waals surface area contributed by atoms with Crippen molar-refractivity contribution in [3.8, 4) is 11.5 Å². The van der Waals surface area contributed by atoms with Crippen molar-refractivity contribution in [2.75, 3.05) is 40.3 Å². The molecule has 10 nitrogen and oxygen atoms in total. The van der Waals surface area contributed by atoms with E-state index in [2.05, 4.69) is 23.4 Å². The van der Waals surface area contributed by atoms with Crippen LogP contribution in [0, 0.1) is 0 Å². The maximum absolute atomic E-state index is 13.4. The molecule has 0 radical (unpaired) electrons. The average molecular weight is 591 g/mol. The lowest BCUT2D eigenvalue weighted by molar-refractivity contribution is -0.219. The molecule has 0 aliphatic carbocycles. The summed E-state index contributed by atoms with van der Waals surface area (Å²) in [5.41, 5.74) is 1.02. The second-order valence-electron chi connectivity index (χ2n) is 11.6. The molecule has 0 bridgehead atoms. The molecule has 0 spiro atoms. The van der Waals surface area contributed by atoms with Crippen molar-refractivity contribution >= 4 is 38.6 Å². The molecule has 2 aliphatic rings. The minimum absolute atomic E-state index is 0.271. The summed E-state index contributed by atoms with van der Waals surface area (Å²) in [4.78, 5) is 17.9. The summed E-state index contributed by atoms with van der Waals surface area (Å²) in [6, 6.07) is 10.8. The van der Waals surface area contributed by atoms with E-state index >= 15 is 0 Å². The molecule has 3 aromatic carbocycles. The average Bonchev–Trinajstić information content (AvgIpc) is 3.01. The SMILES string of the molecule is C=Cc1cc(OC)c2c(c1)c(=O)oc1c3cccc(OC(C)N4CCN(C)CC4)c3c([C@@H]3O[C@@H](C)[C@H](O)[C@@H](O)[C@H]3O)cc12. The van der Waals surface area contributed by atoms with E-state index in [1.165, 1.54) is 7.11 Å². The lowest BCUT2D eigenvalue weighted by atomic mass is 9.87. The zero-order valence-electron chi connectivity index (χ0n) is 24.8. The zero-order chi connectivity index (χ0) is 30.6. The minimum atomic E-state index is -1.44. The van der Waals surface area contributed by atoms with Crippen LogP contribution in [0.2, 0.25) is 0 Å². The fourth-order valence-corrected chi connectivity index (χ4v) is 6.33. The lowest BCUT2D eigenvalue weighted by Gasteiger charge is -2.40. The van der Waals surface area contributed by atoms with Crippen LogP contribution in [0.15, 0.2) is 52.2 Å². The molecule has 3 N–H and O–H groups in total. The van der Waals surface area contributed by atoms with Gasteiger partial charge in [0, 0.05) is 47.7 Å². The number of ether oxygens (including phenoxy) is 3. The second kappa shape index (κ2) is 11.5. The number of likely N-dealkylation sites (N-methyl/N-ethyl adjacent to an activating group) is 1. The largest absolute Gasteiger partial charge is 0.496 e. The van der Waals surface area contributed by atoms with Crippen LogP contribution in [-0.2, 0) is 4.74 Å². The van der Waals surface area contributed by atoms with Gasteiger partial charge >= 0.3 is 5.63 Å². The molecule has 43 heavy (non-hydrogen) atoms. The highest BCUT2D eigenvalue weighted by atomic mass is 16.5. The number of nitrogens with zero attached hydrogens (tertiary/aromatic N) is 2. The normalized spacial score (nSPS) is 26.2. The highest BCUT2D eigenvalue weighted by Crippen LogP contribution is 2.45. The first kappa shape index (κ1) is 29.6. The number of rotatable bonds is 6. The van der Waals surface area contributed by atoms with Gasteiger partial charge in [0.15, 0.2) is 0 Å². The van der Waals surface area contributed by atoms with Gasteiger partial charge in [-0.2, -0.15) is 0 Å². The van der Waals surface area contributed by atoms with Gasteiger partial charge in [0.2, 0.25) is 0 Å². The molecule has 6 rings (SSSR count). The summed E-state index contributed by atoms with van der Waals surface area (Å²) in [7, 11) is 3.63. The fraction of sp³-hybridized carbons (Fsp3) is 0.424. The molecule has 2 saturated heterocycles. The molecule has 2 aliphatic heterocycles.